The van der Waals surface area contributed by atoms with E-state index in [1.54, 1.807) is 12.8 Å². The Bertz CT molecular complexity index is 212. The topological polar surface area (TPSA) is 0 Å². The van der Waals surface area contributed by atoms with Gasteiger partial charge in [-0.25, -0.2) is 0 Å². The van der Waals surface area contributed by atoms with Crippen molar-refractivity contribution in [3.05, 3.63) is 0 Å². The van der Waals surface area contributed by atoms with Crippen molar-refractivity contribution in [2.24, 2.45) is 28.6 Å². The van der Waals surface area contributed by atoms with E-state index in [0.717, 1.165) is 28.6 Å². The summed E-state index contributed by atoms with van der Waals surface area (Å²) in [5.74, 6) is 3.21. The highest BCUT2D eigenvalue weighted by atomic mass is 14.8. The lowest BCUT2D eigenvalue weighted by Crippen LogP contribution is -2.40. The van der Waals surface area contributed by atoms with Crippen molar-refractivity contribution < 1.29 is 0 Å². The standard InChI is InChI=1S/C11H18/c1-7-4-8(2)11-6-9(11)5-10(7,11)3/h7-9H,4-6H2,1-3H3. The molecule has 3 saturated carbocycles. The number of hydrogen-bond acceptors (Lipinski definition) is 0. The summed E-state index contributed by atoms with van der Waals surface area (Å²) in [6, 6.07) is 0. The van der Waals surface area contributed by atoms with Crippen LogP contribution in [0.1, 0.15) is 40.0 Å². The average molecular weight is 150 g/mol. The fourth-order valence-corrected chi connectivity index (χ4v) is 4.70. The molecule has 0 nitrogen and oxygen atoms in total. The van der Waals surface area contributed by atoms with Gasteiger partial charge in [0, 0.05) is 0 Å². The zero-order chi connectivity index (χ0) is 7.85. The van der Waals surface area contributed by atoms with Gasteiger partial charge < -0.3 is 0 Å². The molecule has 5 unspecified atom stereocenters. The van der Waals surface area contributed by atoms with Gasteiger partial charge >= 0.3 is 0 Å². The van der Waals surface area contributed by atoms with Crippen LogP contribution in [0.5, 0.6) is 0 Å². The molecule has 0 bridgehead atoms. The molecule has 1 spiro atoms. The Kier molecular flexibility index (Phi) is 0.832. The molecule has 0 aromatic carbocycles. The van der Waals surface area contributed by atoms with Gasteiger partial charge in [0.1, 0.15) is 0 Å². The molecule has 0 radical (unpaired) electrons. The molecule has 0 aliphatic heterocycles. The molecule has 3 aliphatic rings. The lowest BCUT2D eigenvalue weighted by atomic mass is 9.58. The molecular formula is C11H18. The van der Waals surface area contributed by atoms with E-state index in [1.807, 2.05) is 0 Å². The normalized spacial score (nSPS) is 71.7. The fraction of sp³-hybridized carbons (Fsp3) is 1.00. The molecule has 0 saturated heterocycles. The molecule has 0 aromatic rings. The van der Waals surface area contributed by atoms with Crippen LogP contribution < -0.4 is 0 Å². The first-order valence-electron chi connectivity index (χ1n) is 5.11. The van der Waals surface area contributed by atoms with Gasteiger partial charge in [0.2, 0.25) is 0 Å². The van der Waals surface area contributed by atoms with Crippen molar-refractivity contribution in [3.63, 3.8) is 0 Å². The van der Waals surface area contributed by atoms with Crippen LogP contribution in [0.2, 0.25) is 0 Å². The Labute approximate surface area is 69.4 Å². The van der Waals surface area contributed by atoms with E-state index in [4.69, 9.17) is 0 Å². The summed E-state index contributed by atoms with van der Waals surface area (Å²) in [6.45, 7) is 7.51. The van der Waals surface area contributed by atoms with E-state index >= 15 is 0 Å². The van der Waals surface area contributed by atoms with Crippen LogP contribution in [0.25, 0.3) is 0 Å². The van der Waals surface area contributed by atoms with E-state index in [1.165, 1.54) is 6.42 Å². The quantitative estimate of drug-likeness (QED) is 0.498. The second kappa shape index (κ2) is 1.41. The molecule has 3 aliphatic carbocycles. The monoisotopic (exact) mass is 150 g/mol. The molecule has 0 heteroatoms. The van der Waals surface area contributed by atoms with Gasteiger partial charge in [-0.1, -0.05) is 20.8 Å². The maximum absolute atomic E-state index is 2.55. The van der Waals surface area contributed by atoms with Gasteiger partial charge in [-0.15, -0.1) is 0 Å². The molecular weight excluding hydrogens is 132 g/mol. The smallest absolute Gasteiger partial charge is 0.0184 e. The largest absolute Gasteiger partial charge is 0.0620 e. The van der Waals surface area contributed by atoms with Crippen molar-refractivity contribution in [3.8, 4) is 0 Å². The zero-order valence-corrected chi connectivity index (χ0v) is 7.85. The minimum atomic E-state index is 0.775. The Morgan fingerprint density at radius 1 is 1.09 bits per heavy atom. The second-order valence-corrected chi connectivity index (χ2v) is 5.60. The van der Waals surface area contributed by atoms with Crippen LogP contribution in [0, 0.1) is 28.6 Å². The molecule has 3 fully saturated rings. The number of hydrogen-bond donors (Lipinski definition) is 0. The summed E-state index contributed by atoms with van der Waals surface area (Å²) in [5.41, 5.74) is 1.64. The summed E-state index contributed by atoms with van der Waals surface area (Å²) < 4.78 is 0. The van der Waals surface area contributed by atoms with Crippen LogP contribution in [-0.2, 0) is 0 Å². The molecule has 5 atom stereocenters. The highest BCUT2D eigenvalue weighted by Gasteiger charge is 2.79. The van der Waals surface area contributed by atoms with Gasteiger partial charge in [0.05, 0.1) is 0 Å². The van der Waals surface area contributed by atoms with Gasteiger partial charge in [-0.05, 0) is 47.8 Å². The lowest BCUT2D eigenvalue weighted by Gasteiger charge is -2.46. The lowest BCUT2D eigenvalue weighted by molar-refractivity contribution is 0.0161. The van der Waals surface area contributed by atoms with Crippen LogP contribution >= 0.6 is 0 Å². The second-order valence-electron chi connectivity index (χ2n) is 5.60. The maximum Gasteiger partial charge on any atom is -0.0184 e. The van der Waals surface area contributed by atoms with E-state index in [2.05, 4.69) is 20.8 Å². The Balaban J connectivity index is 2.05. The summed E-state index contributed by atoms with van der Waals surface area (Å²) in [6.07, 6.45) is 4.64. The van der Waals surface area contributed by atoms with Crippen molar-refractivity contribution in [2.75, 3.05) is 0 Å². The molecule has 0 aromatic heterocycles. The van der Waals surface area contributed by atoms with Crippen molar-refractivity contribution >= 4 is 0 Å². The molecule has 0 N–H and O–H groups in total. The SMILES string of the molecule is CC1CC(C)C23CC2CC13C. The van der Waals surface area contributed by atoms with Gasteiger partial charge in [-0.3, -0.25) is 0 Å². The summed E-state index contributed by atoms with van der Waals surface area (Å²) in [7, 11) is 0. The van der Waals surface area contributed by atoms with Gasteiger partial charge in [-0.2, -0.15) is 0 Å². The fourth-order valence-electron chi connectivity index (χ4n) is 4.70. The molecule has 0 amide bonds. The minimum Gasteiger partial charge on any atom is -0.0620 e. The van der Waals surface area contributed by atoms with E-state index in [0.29, 0.717) is 0 Å². The maximum atomic E-state index is 2.55. The molecule has 3 rings (SSSR count). The summed E-state index contributed by atoms with van der Waals surface area (Å²) in [5, 5.41) is 0. The first kappa shape index (κ1) is 6.51. The summed E-state index contributed by atoms with van der Waals surface area (Å²) in [4.78, 5) is 0. The van der Waals surface area contributed by atoms with Crippen molar-refractivity contribution in [1.82, 2.24) is 0 Å². The first-order valence-corrected chi connectivity index (χ1v) is 5.11. The third-order valence-electron chi connectivity index (χ3n) is 5.56. The Morgan fingerprint density at radius 2 is 1.82 bits per heavy atom. The first-order chi connectivity index (χ1) is 5.11. The molecule has 62 valence electrons. The van der Waals surface area contributed by atoms with Crippen LogP contribution in [0.15, 0.2) is 0 Å². The third-order valence-corrected chi connectivity index (χ3v) is 5.56. The third kappa shape index (κ3) is 0.421. The molecule has 11 heavy (non-hydrogen) atoms. The number of rotatable bonds is 0. The average Bonchev–Trinajstić information content (AvgIpc) is 2.51. The Morgan fingerprint density at radius 3 is 2.18 bits per heavy atom. The van der Waals surface area contributed by atoms with Crippen LogP contribution in [-0.4, -0.2) is 0 Å². The van der Waals surface area contributed by atoms with Crippen molar-refractivity contribution in [2.45, 2.75) is 40.0 Å². The van der Waals surface area contributed by atoms with Gasteiger partial charge in [0.15, 0.2) is 0 Å². The minimum absolute atomic E-state index is 0.775. The Hall–Kier alpha value is 0. The predicted octanol–water partition coefficient (Wildman–Crippen LogP) is 3.08. The van der Waals surface area contributed by atoms with E-state index < -0.39 is 0 Å². The summed E-state index contributed by atoms with van der Waals surface area (Å²) >= 11 is 0. The molecule has 0 heterocycles. The van der Waals surface area contributed by atoms with Gasteiger partial charge in [0.25, 0.3) is 0 Å². The zero-order valence-electron chi connectivity index (χ0n) is 7.85. The van der Waals surface area contributed by atoms with E-state index in [-0.39, 0.29) is 0 Å². The predicted molar refractivity (Wildman–Crippen MR) is 46.2 cm³/mol. The van der Waals surface area contributed by atoms with E-state index in [9.17, 15) is 0 Å². The highest BCUT2D eigenvalue weighted by molar-refractivity contribution is 5.27. The van der Waals surface area contributed by atoms with Crippen molar-refractivity contribution in [1.29, 1.82) is 0 Å². The van der Waals surface area contributed by atoms with Crippen LogP contribution in [0.4, 0.5) is 0 Å². The highest BCUT2D eigenvalue weighted by Crippen LogP contribution is 2.86. The van der Waals surface area contributed by atoms with Crippen LogP contribution in [0.3, 0.4) is 0 Å².